The van der Waals surface area contributed by atoms with Crippen molar-refractivity contribution >= 4 is 23.1 Å². The van der Waals surface area contributed by atoms with E-state index in [9.17, 15) is 9.59 Å². The van der Waals surface area contributed by atoms with E-state index in [-0.39, 0.29) is 11.8 Å². The van der Waals surface area contributed by atoms with Crippen molar-refractivity contribution in [1.82, 2.24) is 14.7 Å². The minimum Gasteiger partial charge on any atom is -0.351 e. The van der Waals surface area contributed by atoms with Crippen LogP contribution in [-0.4, -0.2) is 27.7 Å². The second-order valence-electron chi connectivity index (χ2n) is 6.89. The van der Waals surface area contributed by atoms with Crippen molar-refractivity contribution < 1.29 is 9.59 Å². The third kappa shape index (κ3) is 4.39. The summed E-state index contributed by atoms with van der Waals surface area (Å²) in [7, 11) is 0. The van der Waals surface area contributed by atoms with Gasteiger partial charge in [0.25, 0.3) is 5.91 Å². The molecule has 6 heteroatoms. The molecule has 0 saturated carbocycles. The summed E-state index contributed by atoms with van der Waals surface area (Å²) in [5, 5.41) is 5.77. The van der Waals surface area contributed by atoms with Gasteiger partial charge in [-0.3, -0.25) is 14.0 Å². The van der Waals surface area contributed by atoms with Gasteiger partial charge in [0.15, 0.2) is 0 Å². The summed E-state index contributed by atoms with van der Waals surface area (Å²) in [6, 6.07) is 11.7. The zero-order chi connectivity index (χ0) is 20.1. The first-order valence-electron chi connectivity index (χ1n) is 9.61. The number of anilines is 1. The minimum absolute atomic E-state index is 0.0555. The number of benzene rings is 1. The van der Waals surface area contributed by atoms with E-state index in [1.807, 2.05) is 60.8 Å². The van der Waals surface area contributed by atoms with Crippen LogP contribution in [0.5, 0.6) is 0 Å². The lowest BCUT2D eigenvalue weighted by molar-refractivity contribution is -0.116. The highest BCUT2D eigenvalue weighted by atomic mass is 16.2. The molecule has 3 aromatic rings. The smallest absolute Gasteiger partial charge is 0.270 e. The van der Waals surface area contributed by atoms with Crippen LogP contribution in [0.2, 0.25) is 0 Å². The fourth-order valence-corrected chi connectivity index (χ4v) is 3.17. The van der Waals surface area contributed by atoms with Crippen molar-refractivity contribution in [2.75, 3.05) is 11.9 Å². The Morgan fingerprint density at radius 2 is 1.86 bits per heavy atom. The van der Waals surface area contributed by atoms with Gasteiger partial charge in [0.2, 0.25) is 5.91 Å². The predicted molar refractivity (Wildman–Crippen MR) is 111 cm³/mol. The molecule has 0 aliphatic heterocycles. The van der Waals surface area contributed by atoms with Crippen molar-refractivity contribution in [2.45, 2.75) is 40.0 Å². The Labute approximate surface area is 165 Å². The number of hydrogen-bond donors (Lipinski definition) is 2. The molecular weight excluding hydrogens is 352 g/mol. The second kappa shape index (κ2) is 8.69. The Morgan fingerprint density at radius 3 is 2.57 bits per heavy atom. The van der Waals surface area contributed by atoms with E-state index >= 15 is 0 Å². The van der Waals surface area contributed by atoms with E-state index in [1.165, 1.54) is 5.56 Å². The molecule has 3 rings (SSSR count). The molecule has 0 saturated heterocycles. The molecule has 0 atom stereocenters. The molecule has 0 aliphatic rings. The largest absolute Gasteiger partial charge is 0.351 e. The first-order chi connectivity index (χ1) is 13.5. The quantitative estimate of drug-likeness (QED) is 0.616. The zero-order valence-electron chi connectivity index (χ0n) is 16.6. The number of carbonyl (C=O) groups is 2. The second-order valence-corrected chi connectivity index (χ2v) is 6.89. The van der Waals surface area contributed by atoms with Gasteiger partial charge >= 0.3 is 0 Å². The van der Waals surface area contributed by atoms with Gasteiger partial charge in [-0.05, 0) is 56.0 Å². The highest BCUT2D eigenvalue weighted by molar-refractivity contribution is 5.95. The van der Waals surface area contributed by atoms with Crippen LogP contribution in [0.4, 0.5) is 5.69 Å². The fourth-order valence-electron chi connectivity index (χ4n) is 3.17. The van der Waals surface area contributed by atoms with Crippen LogP contribution in [0.3, 0.4) is 0 Å². The molecule has 2 heterocycles. The van der Waals surface area contributed by atoms with Crippen LogP contribution in [-0.2, 0) is 11.2 Å². The van der Waals surface area contributed by atoms with Crippen LogP contribution in [0.1, 0.15) is 47.1 Å². The summed E-state index contributed by atoms with van der Waals surface area (Å²) >= 11 is 0. The molecule has 2 N–H and O–H groups in total. The molecule has 2 amide bonds. The average molecular weight is 378 g/mol. The summed E-state index contributed by atoms with van der Waals surface area (Å²) in [6.45, 7) is 6.33. The van der Waals surface area contributed by atoms with Crippen molar-refractivity contribution in [3.63, 3.8) is 0 Å². The van der Waals surface area contributed by atoms with Gasteiger partial charge in [-0.25, -0.2) is 4.98 Å². The number of hydrogen-bond acceptors (Lipinski definition) is 3. The normalized spacial score (nSPS) is 10.8. The highest BCUT2D eigenvalue weighted by Crippen LogP contribution is 2.15. The molecule has 0 spiro atoms. The molecule has 28 heavy (non-hydrogen) atoms. The topological polar surface area (TPSA) is 75.5 Å². The van der Waals surface area contributed by atoms with Gasteiger partial charge in [0.05, 0.1) is 5.69 Å². The predicted octanol–water partition coefficient (Wildman–Crippen LogP) is 3.66. The summed E-state index contributed by atoms with van der Waals surface area (Å²) in [4.78, 5) is 29.1. The number of imidazole rings is 1. The molecule has 6 nitrogen and oxygen atoms in total. The van der Waals surface area contributed by atoms with Gasteiger partial charge in [0.1, 0.15) is 11.3 Å². The van der Waals surface area contributed by atoms with E-state index in [1.54, 1.807) is 0 Å². The Kier molecular flexibility index (Phi) is 6.09. The number of carbonyl (C=O) groups excluding carboxylic acids is 2. The summed E-state index contributed by atoms with van der Waals surface area (Å²) in [5.41, 5.74) is 5.08. The first-order valence-corrected chi connectivity index (χ1v) is 9.61. The number of aromatic nitrogens is 2. The summed E-state index contributed by atoms with van der Waals surface area (Å²) < 4.78 is 1.81. The van der Waals surface area contributed by atoms with Crippen LogP contribution in [0.15, 0.2) is 42.6 Å². The number of amides is 2. The van der Waals surface area contributed by atoms with Crippen LogP contribution in [0.25, 0.3) is 5.65 Å². The third-order valence-corrected chi connectivity index (χ3v) is 4.75. The van der Waals surface area contributed by atoms with Crippen molar-refractivity contribution in [1.29, 1.82) is 0 Å². The molecule has 1 aromatic carbocycles. The Morgan fingerprint density at radius 1 is 1.11 bits per heavy atom. The van der Waals surface area contributed by atoms with Crippen LogP contribution in [0, 0.1) is 13.8 Å². The van der Waals surface area contributed by atoms with Crippen molar-refractivity contribution in [2.24, 2.45) is 0 Å². The Hall–Kier alpha value is -3.15. The van der Waals surface area contributed by atoms with Gasteiger partial charge in [0, 0.05) is 24.8 Å². The van der Waals surface area contributed by atoms with Gasteiger partial charge in [-0.1, -0.05) is 25.1 Å². The van der Waals surface area contributed by atoms with Gasteiger partial charge in [-0.2, -0.15) is 0 Å². The van der Waals surface area contributed by atoms with Gasteiger partial charge in [-0.15, -0.1) is 0 Å². The fraction of sp³-hybridized carbons (Fsp3) is 0.318. The number of fused-ring (bicyclic) bond motifs is 1. The SMILES string of the molecule is CCc1ccc(NC(=O)CCCNC(=O)c2c(C)nc3c(C)cccn23)cc1. The van der Waals surface area contributed by atoms with E-state index in [0.29, 0.717) is 30.8 Å². The molecular formula is C22H26N4O2. The monoisotopic (exact) mass is 378 g/mol. The number of nitrogens with zero attached hydrogens (tertiary/aromatic N) is 2. The number of nitrogens with one attached hydrogen (secondary N) is 2. The lowest BCUT2D eigenvalue weighted by Crippen LogP contribution is -2.27. The minimum atomic E-state index is -0.175. The van der Waals surface area contributed by atoms with Crippen molar-refractivity contribution in [3.05, 3.63) is 65.1 Å². The maximum atomic E-state index is 12.6. The lowest BCUT2D eigenvalue weighted by atomic mass is 10.1. The number of pyridine rings is 1. The molecule has 0 bridgehead atoms. The molecule has 0 aliphatic carbocycles. The average Bonchev–Trinajstić information content (AvgIpc) is 3.03. The third-order valence-electron chi connectivity index (χ3n) is 4.75. The van der Waals surface area contributed by atoms with E-state index in [4.69, 9.17) is 0 Å². The maximum absolute atomic E-state index is 12.6. The number of rotatable bonds is 7. The molecule has 0 fully saturated rings. The highest BCUT2D eigenvalue weighted by Gasteiger charge is 2.17. The molecule has 2 aromatic heterocycles. The van der Waals surface area contributed by atoms with Crippen LogP contribution >= 0.6 is 0 Å². The number of aryl methyl sites for hydroxylation is 3. The van der Waals surface area contributed by atoms with Crippen molar-refractivity contribution in [3.8, 4) is 0 Å². The Balaban J connectivity index is 1.50. The summed E-state index contributed by atoms with van der Waals surface area (Å²) in [5.74, 6) is -0.230. The zero-order valence-corrected chi connectivity index (χ0v) is 16.6. The summed E-state index contributed by atoms with van der Waals surface area (Å²) in [6.07, 6.45) is 3.73. The van der Waals surface area contributed by atoms with Gasteiger partial charge < -0.3 is 10.6 Å². The Bertz CT molecular complexity index is 990. The molecule has 0 radical (unpaired) electrons. The molecule has 146 valence electrons. The van der Waals surface area contributed by atoms with E-state index < -0.39 is 0 Å². The molecule has 0 unspecified atom stereocenters. The maximum Gasteiger partial charge on any atom is 0.270 e. The lowest BCUT2D eigenvalue weighted by Gasteiger charge is -2.08. The van der Waals surface area contributed by atoms with E-state index in [0.717, 1.165) is 23.3 Å². The van der Waals surface area contributed by atoms with E-state index in [2.05, 4.69) is 22.5 Å². The standard InChI is InChI=1S/C22H26N4O2/c1-4-17-9-11-18(12-10-17)25-19(27)8-5-13-23-22(28)20-16(3)24-21-15(2)7-6-14-26(20)21/h6-7,9-12,14H,4-5,8,13H2,1-3H3,(H,23,28)(H,25,27). The first kappa shape index (κ1) is 19.6. The van der Waals surface area contributed by atoms with Crippen LogP contribution < -0.4 is 10.6 Å².